The van der Waals surface area contributed by atoms with E-state index in [2.05, 4.69) is 10.6 Å². The lowest BCUT2D eigenvalue weighted by Gasteiger charge is -2.21. The molecule has 2 rings (SSSR count). The van der Waals surface area contributed by atoms with Crippen molar-refractivity contribution in [2.75, 3.05) is 19.6 Å². The van der Waals surface area contributed by atoms with E-state index in [1.54, 1.807) is 23.1 Å². The number of rotatable bonds is 10. The Hall–Kier alpha value is -3.35. The SMILES string of the molecule is CCN(Cc1ccccc1)C(=O)CNC(=O)CCNC(=O)/C=C/c1ccco1. The van der Waals surface area contributed by atoms with Crippen LogP contribution in [0.4, 0.5) is 0 Å². The number of likely N-dealkylation sites (N-methyl/N-ethyl adjacent to an activating group) is 1. The minimum absolute atomic E-state index is 0.0636. The van der Waals surface area contributed by atoms with Crippen LogP contribution in [-0.2, 0) is 20.9 Å². The normalized spacial score (nSPS) is 10.6. The van der Waals surface area contributed by atoms with E-state index in [1.165, 1.54) is 12.3 Å². The molecule has 0 aliphatic carbocycles. The molecule has 0 saturated carbocycles. The molecule has 3 amide bonds. The quantitative estimate of drug-likeness (QED) is 0.614. The van der Waals surface area contributed by atoms with Crippen LogP contribution in [0.5, 0.6) is 0 Å². The van der Waals surface area contributed by atoms with Crippen molar-refractivity contribution in [2.45, 2.75) is 19.9 Å². The highest BCUT2D eigenvalue weighted by atomic mass is 16.3. The molecule has 28 heavy (non-hydrogen) atoms. The molecular formula is C21H25N3O4. The summed E-state index contributed by atoms with van der Waals surface area (Å²) in [5.41, 5.74) is 1.04. The van der Waals surface area contributed by atoms with Crippen LogP contribution < -0.4 is 10.6 Å². The topological polar surface area (TPSA) is 91.7 Å². The average molecular weight is 383 g/mol. The second-order valence-corrected chi connectivity index (χ2v) is 6.06. The molecule has 0 saturated heterocycles. The minimum atomic E-state index is -0.319. The monoisotopic (exact) mass is 383 g/mol. The molecule has 0 bridgehead atoms. The molecule has 7 nitrogen and oxygen atoms in total. The molecule has 1 aromatic heterocycles. The predicted octanol–water partition coefficient (Wildman–Crippen LogP) is 1.96. The van der Waals surface area contributed by atoms with Gasteiger partial charge in [-0.05, 0) is 30.7 Å². The zero-order valence-electron chi connectivity index (χ0n) is 15.9. The van der Waals surface area contributed by atoms with Gasteiger partial charge in [0.25, 0.3) is 0 Å². The van der Waals surface area contributed by atoms with Gasteiger partial charge in [0.15, 0.2) is 0 Å². The molecule has 0 spiro atoms. The van der Waals surface area contributed by atoms with Crippen molar-refractivity contribution >= 4 is 23.8 Å². The molecule has 0 radical (unpaired) electrons. The van der Waals surface area contributed by atoms with E-state index >= 15 is 0 Å². The van der Waals surface area contributed by atoms with Gasteiger partial charge in [-0.25, -0.2) is 0 Å². The first-order valence-electron chi connectivity index (χ1n) is 9.16. The van der Waals surface area contributed by atoms with Crippen LogP contribution in [0.3, 0.4) is 0 Å². The van der Waals surface area contributed by atoms with Crippen LogP contribution in [0.2, 0.25) is 0 Å². The summed E-state index contributed by atoms with van der Waals surface area (Å²) in [5.74, 6) is -0.188. The molecule has 1 aromatic carbocycles. The van der Waals surface area contributed by atoms with Crippen molar-refractivity contribution in [2.24, 2.45) is 0 Å². The summed E-state index contributed by atoms with van der Waals surface area (Å²) in [4.78, 5) is 37.5. The van der Waals surface area contributed by atoms with Crippen LogP contribution >= 0.6 is 0 Å². The lowest BCUT2D eigenvalue weighted by molar-refractivity contribution is -0.133. The number of carbonyl (C=O) groups is 3. The van der Waals surface area contributed by atoms with Gasteiger partial charge >= 0.3 is 0 Å². The first kappa shape index (κ1) is 21.0. The van der Waals surface area contributed by atoms with Crippen molar-refractivity contribution in [1.29, 1.82) is 0 Å². The Kier molecular flexibility index (Phi) is 8.52. The molecule has 2 aromatic rings. The lowest BCUT2D eigenvalue weighted by Crippen LogP contribution is -2.40. The fourth-order valence-electron chi connectivity index (χ4n) is 2.46. The van der Waals surface area contributed by atoms with Gasteiger partial charge in [0.1, 0.15) is 5.76 Å². The first-order valence-corrected chi connectivity index (χ1v) is 9.16. The van der Waals surface area contributed by atoms with E-state index in [0.717, 1.165) is 5.56 Å². The van der Waals surface area contributed by atoms with E-state index in [0.29, 0.717) is 18.8 Å². The smallest absolute Gasteiger partial charge is 0.244 e. The summed E-state index contributed by atoms with van der Waals surface area (Å²) in [5, 5.41) is 5.20. The molecule has 1 heterocycles. The van der Waals surface area contributed by atoms with Gasteiger partial charge < -0.3 is 20.0 Å². The van der Waals surface area contributed by atoms with E-state index in [9.17, 15) is 14.4 Å². The Bertz CT molecular complexity index is 785. The molecule has 0 unspecified atom stereocenters. The minimum Gasteiger partial charge on any atom is -0.465 e. The third-order valence-corrected chi connectivity index (χ3v) is 3.98. The number of carbonyl (C=O) groups excluding carboxylic acids is 3. The first-order chi connectivity index (χ1) is 13.6. The summed E-state index contributed by atoms with van der Waals surface area (Å²) in [6.45, 7) is 3.08. The number of hydrogen-bond acceptors (Lipinski definition) is 4. The van der Waals surface area contributed by atoms with Crippen molar-refractivity contribution in [3.8, 4) is 0 Å². The van der Waals surface area contributed by atoms with Crippen molar-refractivity contribution < 1.29 is 18.8 Å². The van der Waals surface area contributed by atoms with Crippen LogP contribution in [0.25, 0.3) is 6.08 Å². The van der Waals surface area contributed by atoms with Gasteiger partial charge in [0.05, 0.1) is 12.8 Å². The molecule has 0 atom stereocenters. The summed E-state index contributed by atoms with van der Waals surface area (Å²) in [6, 6.07) is 13.1. The number of benzene rings is 1. The highest BCUT2D eigenvalue weighted by Crippen LogP contribution is 2.04. The molecule has 0 aliphatic rings. The average Bonchev–Trinajstić information content (AvgIpc) is 3.23. The number of amides is 3. The van der Waals surface area contributed by atoms with Gasteiger partial charge in [0.2, 0.25) is 17.7 Å². The second kappa shape index (κ2) is 11.4. The van der Waals surface area contributed by atoms with Crippen LogP contribution in [0, 0.1) is 0 Å². The number of furan rings is 1. The van der Waals surface area contributed by atoms with E-state index < -0.39 is 0 Å². The zero-order chi connectivity index (χ0) is 20.2. The fraction of sp³-hybridized carbons (Fsp3) is 0.286. The summed E-state index contributed by atoms with van der Waals surface area (Å²) < 4.78 is 5.08. The Balaban J connectivity index is 1.65. The molecule has 0 fully saturated rings. The summed E-state index contributed by atoms with van der Waals surface area (Å²) >= 11 is 0. The van der Waals surface area contributed by atoms with Gasteiger partial charge in [-0.3, -0.25) is 14.4 Å². The van der Waals surface area contributed by atoms with Crippen LogP contribution in [-0.4, -0.2) is 42.3 Å². The number of nitrogens with zero attached hydrogens (tertiary/aromatic N) is 1. The van der Waals surface area contributed by atoms with Crippen molar-refractivity contribution in [1.82, 2.24) is 15.5 Å². The third-order valence-electron chi connectivity index (χ3n) is 3.98. The van der Waals surface area contributed by atoms with E-state index in [4.69, 9.17) is 4.42 Å². The highest BCUT2D eigenvalue weighted by Gasteiger charge is 2.13. The van der Waals surface area contributed by atoms with E-state index in [-0.39, 0.29) is 37.2 Å². The fourth-order valence-corrected chi connectivity index (χ4v) is 2.46. The van der Waals surface area contributed by atoms with Crippen molar-refractivity contribution in [3.05, 3.63) is 66.1 Å². The maximum absolute atomic E-state index is 12.3. The third kappa shape index (κ3) is 7.49. The molecule has 0 aliphatic heterocycles. The number of hydrogen-bond donors (Lipinski definition) is 2. The summed E-state index contributed by atoms with van der Waals surface area (Å²) in [7, 11) is 0. The van der Waals surface area contributed by atoms with Crippen LogP contribution in [0.15, 0.2) is 59.2 Å². The Morgan fingerprint density at radius 1 is 1.07 bits per heavy atom. The van der Waals surface area contributed by atoms with Crippen molar-refractivity contribution in [3.63, 3.8) is 0 Å². The maximum Gasteiger partial charge on any atom is 0.244 e. The van der Waals surface area contributed by atoms with Gasteiger partial charge in [0, 0.05) is 32.1 Å². The standard InChI is InChI=1S/C21H25N3O4/c1-2-24(16-17-7-4-3-5-8-17)21(27)15-23-20(26)12-13-22-19(25)11-10-18-9-6-14-28-18/h3-11,14H,2,12-13,15-16H2,1H3,(H,22,25)(H,23,26)/b11-10+. The lowest BCUT2D eigenvalue weighted by atomic mass is 10.2. The molecule has 148 valence electrons. The highest BCUT2D eigenvalue weighted by molar-refractivity contribution is 5.91. The van der Waals surface area contributed by atoms with Gasteiger partial charge in [-0.15, -0.1) is 0 Å². The molecule has 7 heteroatoms. The zero-order valence-corrected chi connectivity index (χ0v) is 15.9. The number of nitrogens with one attached hydrogen (secondary N) is 2. The van der Waals surface area contributed by atoms with Gasteiger partial charge in [-0.2, -0.15) is 0 Å². The van der Waals surface area contributed by atoms with Crippen LogP contribution in [0.1, 0.15) is 24.7 Å². The summed E-state index contributed by atoms with van der Waals surface area (Å²) in [6.07, 6.45) is 4.49. The Morgan fingerprint density at radius 2 is 1.86 bits per heavy atom. The molecular weight excluding hydrogens is 358 g/mol. The second-order valence-electron chi connectivity index (χ2n) is 6.06. The van der Waals surface area contributed by atoms with Gasteiger partial charge in [-0.1, -0.05) is 30.3 Å². The largest absolute Gasteiger partial charge is 0.465 e. The predicted molar refractivity (Wildman–Crippen MR) is 106 cm³/mol. The Labute approximate surface area is 164 Å². The van der Waals surface area contributed by atoms with E-state index in [1.807, 2.05) is 37.3 Å². The maximum atomic E-state index is 12.3. The molecule has 2 N–H and O–H groups in total. The Morgan fingerprint density at radius 3 is 2.54 bits per heavy atom.